The van der Waals surface area contributed by atoms with E-state index >= 15 is 0 Å². The standard InChI is InChI=1S/C6H10O/c1-4-5-6(2)7-3/h4-5H,1H2,2-3H3. The molecule has 0 aromatic heterocycles. The number of rotatable bonds is 2. The molecular weight excluding hydrogens is 88.1 g/mol. The fourth-order valence-corrected chi connectivity index (χ4v) is 0.234. The topological polar surface area (TPSA) is 9.23 Å². The van der Waals surface area contributed by atoms with Crippen LogP contribution in [0, 0.1) is 0 Å². The summed E-state index contributed by atoms with van der Waals surface area (Å²) >= 11 is 0. The quantitative estimate of drug-likeness (QED) is 0.377. The Kier molecular flexibility index (Phi) is 3.11. The molecule has 7 heavy (non-hydrogen) atoms. The van der Waals surface area contributed by atoms with Gasteiger partial charge in [-0.3, -0.25) is 0 Å². The van der Waals surface area contributed by atoms with E-state index in [-0.39, 0.29) is 0 Å². The second-order valence-electron chi connectivity index (χ2n) is 1.22. The Balaban J connectivity index is 3.49. The van der Waals surface area contributed by atoms with E-state index in [1.807, 2.05) is 6.92 Å². The third kappa shape index (κ3) is 3.10. The van der Waals surface area contributed by atoms with E-state index in [1.54, 1.807) is 19.3 Å². The first-order valence-corrected chi connectivity index (χ1v) is 2.14. The first-order valence-electron chi connectivity index (χ1n) is 2.14. The molecular formula is C6H10O. The van der Waals surface area contributed by atoms with Gasteiger partial charge in [0.05, 0.1) is 12.9 Å². The highest BCUT2D eigenvalue weighted by Crippen LogP contribution is 1.89. The van der Waals surface area contributed by atoms with Gasteiger partial charge in [0.25, 0.3) is 0 Å². The molecule has 0 aliphatic carbocycles. The number of allylic oxidation sites excluding steroid dienone is 3. The molecule has 0 bridgehead atoms. The highest BCUT2D eigenvalue weighted by atomic mass is 16.5. The minimum atomic E-state index is 0.884. The van der Waals surface area contributed by atoms with Crippen LogP contribution in [0.1, 0.15) is 6.92 Å². The van der Waals surface area contributed by atoms with E-state index in [0.717, 1.165) is 5.76 Å². The van der Waals surface area contributed by atoms with Gasteiger partial charge in [0, 0.05) is 0 Å². The lowest BCUT2D eigenvalue weighted by Crippen LogP contribution is -1.74. The second kappa shape index (κ2) is 3.47. The van der Waals surface area contributed by atoms with Crippen LogP contribution in [0.4, 0.5) is 0 Å². The fraction of sp³-hybridized carbons (Fsp3) is 0.333. The van der Waals surface area contributed by atoms with Crippen LogP contribution in [0.5, 0.6) is 0 Å². The van der Waals surface area contributed by atoms with Gasteiger partial charge in [0.15, 0.2) is 0 Å². The van der Waals surface area contributed by atoms with Gasteiger partial charge in [0.2, 0.25) is 0 Å². The Labute approximate surface area is 44.3 Å². The smallest absolute Gasteiger partial charge is 0.0924 e. The van der Waals surface area contributed by atoms with Gasteiger partial charge >= 0.3 is 0 Å². The SMILES string of the molecule is C=CC=C(C)OC. The maximum Gasteiger partial charge on any atom is 0.0924 e. The lowest BCUT2D eigenvalue weighted by Gasteiger charge is -1.92. The highest BCUT2D eigenvalue weighted by Gasteiger charge is 1.74. The fourth-order valence-electron chi connectivity index (χ4n) is 0.234. The van der Waals surface area contributed by atoms with Gasteiger partial charge in [-0.05, 0) is 13.0 Å². The molecule has 0 unspecified atom stereocenters. The van der Waals surface area contributed by atoms with E-state index in [0.29, 0.717) is 0 Å². The summed E-state index contributed by atoms with van der Waals surface area (Å²) in [5.41, 5.74) is 0. The van der Waals surface area contributed by atoms with Crippen molar-refractivity contribution in [3.63, 3.8) is 0 Å². The largest absolute Gasteiger partial charge is 0.501 e. The molecule has 0 saturated heterocycles. The Morgan fingerprint density at radius 3 is 2.43 bits per heavy atom. The summed E-state index contributed by atoms with van der Waals surface area (Å²) < 4.78 is 4.78. The van der Waals surface area contributed by atoms with Crippen molar-refractivity contribution < 1.29 is 4.74 Å². The van der Waals surface area contributed by atoms with E-state index in [9.17, 15) is 0 Å². The summed E-state index contributed by atoms with van der Waals surface area (Å²) in [6, 6.07) is 0. The minimum Gasteiger partial charge on any atom is -0.501 e. The number of ether oxygens (including phenoxy) is 1. The van der Waals surface area contributed by atoms with Gasteiger partial charge < -0.3 is 4.74 Å². The lowest BCUT2D eigenvalue weighted by molar-refractivity contribution is 0.294. The number of hydrogen-bond donors (Lipinski definition) is 0. The Bertz CT molecular complexity index is 82.2. The molecule has 0 fully saturated rings. The summed E-state index contributed by atoms with van der Waals surface area (Å²) in [4.78, 5) is 0. The normalized spacial score (nSPS) is 10.9. The van der Waals surface area contributed by atoms with Gasteiger partial charge in [-0.2, -0.15) is 0 Å². The molecule has 1 heteroatoms. The molecule has 0 aromatic carbocycles. The number of methoxy groups -OCH3 is 1. The van der Waals surface area contributed by atoms with Crippen molar-refractivity contribution in [2.24, 2.45) is 0 Å². The van der Waals surface area contributed by atoms with Gasteiger partial charge in [-0.1, -0.05) is 12.7 Å². The minimum absolute atomic E-state index is 0.884. The third-order valence-corrected chi connectivity index (χ3v) is 0.675. The van der Waals surface area contributed by atoms with Crippen LogP contribution in [0.3, 0.4) is 0 Å². The lowest BCUT2D eigenvalue weighted by atomic mass is 10.5. The zero-order valence-electron chi connectivity index (χ0n) is 4.77. The van der Waals surface area contributed by atoms with E-state index in [2.05, 4.69) is 6.58 Å². The zero-order chi connectivity index (χ0) is 5.70. The van der Waals surface area contributed by atoms with Crippen molar-refractivity contribution in [3.8, 4) is 0 Å². The summed E-state index contributed by atoms with van der Waals surface area (Å²) in [6.45, 7) is 5.37. The van der Waals surface area contributed by atoms with Crippen molar-refractivity contribution in [2.75, 3.05) is 7.11 Å². The highest BCUT2D eigenvalue weighted by molar-refractivity contribution is 5.01. The van der Waals surface area contributed by atoms with Crippen LogP contribution in [-0.2, 0) is 4.74 Å². The molecule has 0 rings (SSSR count). The predicted octanol–water partition coefficient (Wildman–Crippen LogP) is 1.72. The second-order valence-corrected chi connectivity index (χ2v) is 1.22. The Morgan fingerprint density at radius 2 is 2.29 bits per heavy atom. The average molecular weight is 98.1 g/mol. The van der Waals surface area contributed by atoms with E-state index < -0.39 is 0 Å². The summed E-state index contributed by atoms with van der Waals surface area (Å²) in [7, 11) is 1.63. The van der Waals surface area contributed by atoms with Crippen LogP contribution >= 0.6 is 0 Å². The molecule has 0 radical (unpaired) electrons. The molecule has 0 aliphatic heterocycles. The molecule has 0 N–H and O–H groups in total. The third-order valence-electron chi connectivity index (χ3n) is 0.675. The maximum atomic E-state index is 4.78. The van der Waals surface area contributed by atoms with Crippen LogP contribution in [-0.4, -0.2) is 7.11 Å². The Morgan fingerprint density at radius 1 is 1.71 bits per heavy atom. The van der Waals surface area contributed by atoms with Crippen molar-refractivity contribution in [1.29, 1.82) is 0 Å². The van der Waals surface area contributed by atoms with Crippen molar-refractivity contribution >= 4 is 0 Å². The molecule has 0 spiro atoms. The summed E-state index contributed by atoms with van der Waals surface area (Å²) in [5.74, 6) is 0.884. The molecule has 1 nitrogen and oxygen atoms in total. The van der Waals surface area contributed by atoms with Crippen LogP contribution < -0.4 is 0 Å². The van der Waals surface area contributed by atoms with E-state index in [1.165, 1.54) is 0 Å². The Hall–Kier alpha value is -0.720. The summed E-state index contributed by atoms with van der Waals surface area (Å²) in [6.07, 6.45) is 3.50. The molecule has 0 aliphatic rings. The predicted molar refractivity (Wildman–Crippen MR) is 31.0 cm³/mol. The average Bonchev–Trinajstić information content (AvgIpc) is 1.68. The zero-order valence-corrected chi connectivity index (χ0v) is 4.77. The van der Waals surface area contributed by atoms with Crippen LogP contribution in [0.15, 0.2) is 24.5 Å². The van der Waals surface area contributed by atoms with Crippen molar-refractivity contribution in [1.82, 2.24) is 0 Å². The molecule has 0 aromatic rings. The van der Waals surface area contributed by atoms with Gasteiger partial charge in [0.1, 0.15) is 0 Å². The molecule has 0 saturated carbocycles. The van der Waals surface area contributed by atoms with Gasteiger partial charge in [-0.15, -0.1) is 0 Å². The first-order chi connectivity index (χ1) is 3.31. The van der Waals surface area contributed by atoms with Crippen LogP contribution in [0.25, 0.3) is 0 Å². The molecule has 0 atom stereocenters. The molecule has 0 heterocycles. The van der Waals surface area contributed by atoms with Crippen molar-refractivity contribution in [3.05, 3.63) is 24.5 Å². The van der Waals surface area contributed by atoms with E-state index in [4.69, 9.17) is 4.74 Å². The molecule has 0 amide bonds. The first kappa shape index (κ1) is 6.28. The number of hydrogen-bond acceptors (Lipinski definition) is 1. The maximum absolute atomic E-state index is 4.78. The summed E-state index contributed by atoms with van der Waals surface area (Å²) in [5, 5.41) is 0. The molecule has 40 valence electrons. The van der Waals surface area contributed by atoms with Gasteiger partial charge in [-0.25, -0.2) is 0 Å². The van der Waals surface area contributed by atoms with Crippen LogP contribution in [0.2, 0.25) is 0 Å². The monoisotopic (exact) mass is 98.1 g/mol. The van der Waals surface area contributed by atoms with Crippen molar-refractivity contribution in [2.45, 2.75) is 6.92 Å².